The highest BCUT2D eigenvalue weighted by atomic mass is 35.5. The fourth-order valence-electron chi connectivity index (χ4n) is 1.31. The number of non-ortho nitro benzene ring substituents is 1. The van der Waals surface area contributed by atoms with Gasteiger partial charge in [-0.25, -0.2) is 0 Å². The summed E-state index contributed by atoms with van der Waals surface area (Å²) in [5, 5.41) is 13.9. The zero-order valence-electron chi connectivity index (χ0n) is 7.81. The minimum absolute atomic E-state index is 0.00866. The molecule has 0 saturated heterocycles. The van der Waals surface area contributed by atoms with Crippen molar-refractivity contribution in [2.24, 2.45) is 5.73 Å². The van der Waals surface area contributed by atoms with Gasteiger partial charge in [0.1, 0.15) is 0 Å². The minimum Gasteiger partial charge on any atom is -0.379 e. The number of nitro groups is 1. The highest BCUT2D eigenvalue weighted by Gasteiger charge is 2.33. The molecule has 15 heavy (non-hydrogen) atoms. The standard InChI is InChI=1S/C9H10ClN3O2/c10-6-3-5(13(14)15)1-2-8(6)12-9-4-7(9)11/h1-3,7,9,12H,4,11H2. The highest BCUT2D eigenvalue weighted by Crippen LogP contribution is 2.31. The van der Waals surface area contributed by atoms with E-state index in [4.69, 9.17) is 17.3 Å². The molecule has 0 radical (unpaired) electrons. The van der Waals surface area contributed by atoms with Crippen LogP contribution in [0.4, 0.5) is 11.4 Å². The molecule has 2 rings (SSSR count). The van der Waals surface area contributed by atoms with E-state index in [2.05, 4.69) is 5.32 Å². The van der Waals surface area contributed by atoms with Crippen LogP contribution in [-0.2, 0) is 0 Å². The van der Waals surface area contributed by atoms with Crippen LogP contribution in [0.15, 0.2) is 18.2 Å². The van der Waals surface area contributed by atoms with Gasteiger partial charge < -0.3 is 11.1 Å². The van der Waals surface area contributed by atoms with E-state index in [0.29, 0.717) is 10.7 Å². The summed E-state index contributed by atoms with van der Waals surface area (Å²) in [6.07, 6.45) is 0.910. The summed E-state index contributed by atoms with van der Waals surface area (Å²) in [5.74, 6) is 0. The summed E-state index contributed by atoms with van der Waals surface area (Å²) in [4.78, 5) is 9.98. The maximum absolute atomic E-state index is 10.5. The molecular formula is C9H10ClN3O2. The molecule has 2 unspecified atom stereocenters. The third-order valence-electron chi connectivity index (χ3n) is 2.34. The van der Waals surface area contributed by atoms with Gasteiger partial charge in [-0.3, -0.25) is 10.1 Å². The maximum atomic E-state index is 10.5. The van der Waals surface area contributed by atoms with E-state index >= 15 is 0 Å². The summed E-state index contributed by atoms with van der Waals surface area (Å²) >= 11 is 5.89. The normalized spacial score (nSPS) is 23.6. The molecule has 1 aromatic carbocycles. The Balaban J connectivity index is 2.15. The molecule has 5 nitrogen and oxygen atoms in total. The van der Waals surface area contributed by atoms with Crippen LogP contribution in [0, 0.1) is 10.1 Å². The number of halogens is 1. The van der Waals surface area contributed by atoms with Gasteiger partial charge in [-0.05, 0) is 12.5 Å². The third-order valence-corrected chi connectivity index (χ3v) is 2.66. The maximum Gasteiger partial charge on any atom is 0.271 e. The van der Waals surface area contributed by atoms with Gasteiger partial charge in [0, 0.05) is 24.2 Å². The van der Waals surface area contributed by atoms with Gasteiger partial charge in [-0.2, -0.15) is 0 Å². The van der Waals surface area contributed by atoms with Gasteiger partial charge in [0.15, 0.2) is 0 Å². The number of nitrogens with one attached hydrogen (secondary N) is 1. The van der Waals surface area contributed by atoms with E-state index in [-0.39, 0.29) is 17.8 Å². The Kier molecular flexibility index (Phi) is 2.50. The van der Waals surface area contributed by atoms with Gasteiger partial charge in [0.05, 0.1) is 15.6 Å². The number of anilines is 1. The molecule has 0 aromatic heterocycles. The molecule has 1 fully saturated rings. The van der Waals surface area contributed by atoms with Crippen LogP contribution in [0.3, 0.4) is 0 Å². The first-order valence-corrected chi connectivity index (χ1v) is 4.92. The number of nitrogens with zero attached hydrogens (tertiary/aromatic N) is 1. The molecular weight excluding hydrogens is 218 g/mol. The Hall–Kier alpha value is -1.33. The highest BCUT2D eigenvalue weighted by molar-refractivity contribution is 6.33. The molecule has 1 aliphatic rings. The van der Waals surface area contributed by atoms with E-state index in [0.717, 1.165) is 6.42 Å². The van der Waals surface area contributed by atoms with Crippen molar-refractivity contribution >= 4 is 23.0 Å². The van der Waals surface area contributed by atoms with E-state index < -0.39 is 4.92 Å². The van der Waals surface area contributed by atoms with E-state index in [1.807, 2.05) is 0 Å². The van der Waals surface area contributed by atoms with Gasteiger partial charge in [0.2, 0.25) is 0 Å². The monoisotopic (exact) mass is 227 g/mol. The van der Waals surface area contributed by atoms with Gasteiger partial charge in [0.25, 0.3) is 5.69 Å². The molecule has 1 saturated carbocycles. The van der Waals surface area contributed by atoms with Crippen molar-refractivity contribution in [2.75, 3.05) is 5.32 Å². The quantitative estimate of drug-likeness (QED) is 0.609. The Labute approximate surface area is 91.4 Å². The predicted molar refractivity (Wildman–Crippen MR) is 58.1 cm³/mol. The Morgan fingerprint density at radius 2 is 2.27 bits per heavy atom. The van der Waals surface area contributed by atoms with E-state index in [1.165, 1.54) is 12.1 Å². The van der Waals surface area contributed by atoms with Crippen LogP contribution < -0.4 is 11.1 Å². The van der Waals surface area contributed by atoms with Crippen LogP contribution in [-0.4, -0.2) is 17.0 Å². The van der Waals surface area contributed by atoms with Crippen molar-refractivity contribution in [1.82, 2.24) is 0 Å². The van der Waals surface area contributed by atoms with Crippen molar-refractivity contribution in [3.63, 3.8) is 0 Å². The molecule has 0 amide bonds. The van der Waals surface area contributed by atoms with E-state index in [1.54, 1.807) is 6.07 Å². The van der Waals surface area contributed by atoms with Crippen molar-refractivity contribution in [2.45, 2.75) is 18.5 Å². The number of hydrogen-bond acceptors (Lipinski definition) is 4. The van der Waals surface area contributed by atoms with Crippen LogP contribution in [0.25, 0.3) is 0 Å². The molecule has 1 aliphatic carbocycles. The summed E-state index contributed by atoms with van der Waals surface area (Å²) in [7, 11) is 0. The fourth-order valence-corrected chi connectivity index (χ4v) is 1.54. The fraction of sp³-hybridized carbons (Fsp3) is 0.333. The van der Waals surface area contributed by atoms with Crippen molar-refractivity contribution in [3.05, 3.63) is 33.3 Å². The van der Waals surface area contributed by atoms with Crippen LogP contribution in [0.2, 0.25) is 5.02 Å². The second-order valence-corrected chi connectivity index (χ2v) is 3.98. The minimum atomic E-state index is -0.474. The Morgan fingerprint density at radius 1 is 1.60 bits per heavy atom. The lowest BCUT2D eigenvalue weighted by atomic mass is 10.3. The molecule has 0 heterocycles. The van der Waals surface area contributed by atoms with Crippen molar-refractivity contribution in [3.8, 4) is 0 Å². The van der Waals surface area contributed by atoms with Crippen LogP contribution in [0.1, 0.15) is 6.42 Å². The largest absolute Gasteiger partial charge is 0.379 e. The molecule has 0 spiro atoms. The molecule has 3 N–H and O–H groups in total. The summed E-state index contributed by atoms with van der Waals surface area (Å²) in [5.41, 5.74) is 6.31. The topological polar surface area (TPSA) is 81.2 Å². The van der Waals surface area contributed by atoms with Gasteiger partial charge >= 0.3 is 0 Å². The second kappa shape index (κ2) is 3.67. The molecule has 0 aliphatic heterocycles. The summed E-state index contributed by atoms with van der Waals surface area (Å²) < 4.78 is 0. The molecule has 80 valence electrons. The van der Waals surface area contributed by atoms with Crippen LogP contribution >= 0.6 is 11.6 Å². The SMILES string of the molecule is NC1CC1Nc1ccc([N+](=O)[O-])cc1Cl. The smallest absolute Gasteiger partial charge is 0.271 e. The first kappa shape index (κ1) is 10.2. The lowest BCUT2D eigenvalue weighted by Crippen LogP contribution is -2.13. The lowest BCUT2D eigenvalue weighted by molar-refractivity contribution is -0.384. The van der Waals surface area contributed by atoms with Crippen molar-refractivity contribution in [1.29, 1.82) is 0 Å². The van der Waals surface area contributed by atoms with Gasteiger partial charge in [-0.15, -0.1) is 0 Å². The molecule has 1 aromatic rings. The molecule has 0 bridgehead atoms. The van der Waals surface area contributed by atoms with E-state index in [9.17, 15) is 10.1 Å². The second-order valence-electron chi connectivity index (χ2n) is 3.57. The first-order valence-electron chi connectivity index (χ1n) is 4.54. The Morgan fingerprint density at radius 3 is 2.73 bits per heavy atom. The number of rotatable bonds is 3. The number of hydrogen-bond donors (Lipinski definition) is 2. The predicted octanol–water partition coefficient (Wildman–Crippen LogP) is 1.76. The third kappa shape index (κ3) is 2.19. The zero-order chi connectivity index (χ0) is 11.0. The lowest BCUT2D eigenvalue weighted by Gasteiger charge is -2.06. The first-order chi connectivity index (χ1) is 7.08. The molecule has 2 atom stereocenters. The number of benzene rings is 1. The summed E-state index contributed by atoms with van der Waals surface area (Å²) in [6, 6.07) is 4.76. The van der Waals surface area contributed by atoms with Crippen molar-refractivity contribution < 1.29 is 4.92 Å². The summed E-state index contributed by atoms with van der Waals surface area (Å²) in [6.45, 7) is 0. The average molecular weight is 228 g/mol. The van der Waals surface area contributed by atoms with Crippen LogP contribution in [0.5, 0.6) is 0 Å². The average Bonchev–Trinajstić information content (AvgIpc) is 2.85. The number of nitro benzene ring substituents is 1. The van der Waals surface area contributed by atoms with Gasteiger partial charge in [-0.1, -0.05) is 11.6 Å². The Bertz CT molecular complexity index is 410. The number of nitrogens with two attached hydrogens (primary N) is 1. The molecule has 6 heteroatoms. The zero-order valence-corrected chi connectivity index (χ0v) is 8.57.